The molecule has 3 heterocycles. The molecule has 1 saturated heterocycles. The predicted molar refractivity (Wildman–Crippen MR) is 136 cm³/mol. The highest BCUT2D eigenvalue weighted by Crippen LogP contribution is 2.35. The van der Waals surface area contributed by atoms with E-state index in [0.717, 1.165) is 62.4 Å². The van der Waals surface area contributed by atoms with Crippen LogP contribution in [0.4, 0.5) is 17.2 Å². The highest BCUT2D eigenvalue weighted by Gasteiger charge is 2.26. The van der Waals surface area contributed by atoms with Gasteiger partial charge in [0.2, 0.25) is 0 Å². The zero-order valence-corrected chi connectivity index (χ0v) is 20.1. The number of ether oxygens (including phenoxy) is 1. The summed E-state index contributed by atoms with van der Waals surface area (Å²) < 4.78 is 5.95. The van der Waals surface area contributed by atoms with Gasteiger partial charge in [-0.05, 0) is 62.9 Å². The first kappa shape index (κ1) is 23.5. The van der Waals surface area contributed by atoms with Gasteiger partial charge in [0.25, 0.3) is 11.6 Å². The summed E-state index contributed by atoms with van der Waals surface area (Å²) in [5, 5.41) is 17.9. The number of carbonyl (C=O) groups is 1. The summed E-state index contributed by atoms with van der Waals surface area (Å²) in [6.45, 7) is 4.15. The molecule has 186 valence electrons. The minimum absolute atomic E-state index is 0.0101. The number of carbonyl (C=O) groups excluding carboxylic acids is 1. The average Bonchev–Trinajstić information content (AvgIpc) is 3.35. The number of fused-ring (bicyclic) bond motifs is 1. The lowest BCUT2D eigenvalue weighted by molar-refractivity contribution is -0.384. The molecule has 1 fully saturated rings. The van der Waals surface area contributed by atoms with Crippen molar-refractivity contribution < 1.29 is 14.5 Å². The summed E-state index contributed by atoms with van der Waals surface area (Å²) in [6.07, 6.45) is 5.65. The van der Waals surface area contributed by atoms with E-state index in [2.05, 4.69) is 20.6 Å². The molecule has 0 radical (unpaired) electrons. The molecule has 1 amide bonds. The van der Waals surface area contributed by atoms with Crippen LogP contribution in [-0.2, 0) is 0 Å². The van der Waals surface area contributed by atoms with Crippen molar-refractivity contribution in [2.24, 2.45) is 0 Å². The third kappa shape index (κ3) is 5.07. The molecule has 36 heavy (non-hydrogen) atoms. The Morgan fingerprint density at radius 3 is 2.64 bits per heavy atom. The van der Waals surface area contributed by atoms with Crippen LogP contribution >= 0.6 is 0 Å². The second-order valence-electron chi connectivity index (χ2n) is 9.05. The van der Waals surface area contributed by atoms with Crippen LogP contribution in [0.5, 0.6) is 11.5 Å². The van der Waals surface area contributed by atoms with E-state index in [4.69, 9.17) is 4.74 Å². The molecule has 3 aromatic rings. The molecule has 2 aliphatic rings. The lowest BCUT2D eigenvalue weighted by atomic mass is 10.0. The van der Waals surface area contributed by atoms with Gasteiger partial charge in [-0.15, -0.1) is 0 Å². The number of nitro benzene ring substituents is 1. The number of aromatic nitrogens is 2. The van der Waals surface area contributed by atoms with Gasteiger partial charge in [-0.2, -0.15) is 0 Å². The number of non-ortho nitro benzene ring substituents is 1. The first-order valence-electron chi connectivity index (χ1n) is 12.2. The number of amides is 1. The molecule has 0 bridgehead atoms. The number of anilines is 2. The van der Waals surface area contributed by atoms with Crippen LogP contribution in [0.25, 0.3) is 0 Å². The van der Waals surface area contributed by atoms with Gasteiger partial charge in [0.15, 0.2) is 0 Å². The van der Waals surface area contributed by atoms with E-state index in [1.54, 1.807) is 24.3 Å². The monoisotopic (exact) mass is 488 g/mol. The maximum atomic E-state index is 13.5. The maximum absolute atomic E-state index is 13.5. The maximum Gasteiger partial charge on any atom is 0.269 e. The molecular weight excluding hydrogens is 460 g/mol. The van der Waals surface area contributed by atoms with Gasteiger partial charge >= 0.3 is 0 Å². The number of rotatable bonds is 6. The normalized spacial score (nSPS) is 17.0. The Labute approximate surface area is 208 Å². The number of hydrogen-bond acceptors (Lipinski definition) is 8. The van der Waals surface area contributed by atoms with E-state index < -0.39 is 4.92 Å². The fraction of sp³-hybridized carbons (Fsp3) is 0.346. The molecule has 10 nitrogen and oxygen atoms in total. The number of nitrogens with zero attached hydrogens (tertiary/aromatic N) is 4. The van der Waals surface area contributed by atoms with Crippen molar-refractivity contribution in [1.82, 2.24) is 14.9 Å². The summed E-state index contributed by atoms with van der Waals surface area (Å²) in [5.74, 6) is 2.43. The molecule has 2 aromatic carbocycles. The van der Waals surface area contributed by atoms with Crippen molar-refractivity contribution in [2.45, 2.75) is 38.6 Å². The van der Waals surface area contributed by atoms with Gasteiger partial charge in [0.1, 0.15) is 23.1 Å². The van der Waals surface area contributed by atoms with Gasteiger partial charge in [-0.25, -0.2) is 9.97 Å². The van der Waals surface area contributed by atoms with Crippen LogP contribution in [-0.4, -0.2) is 45.3 Å². The van der Waals surface area contributed by atoms with Crippen LogP contribution in [0.3, 0.4) is 0 Å². The third-order valence-corrected chi connectivity index (χ3v) is 6.50. The van der Waals surface area contributed by atoms with Gasteiger partial charge < -0.3 is 20.3 Å². The number of nitrogens with one attached hydrogen (secondary N) is 2. The Morgan fingerprint density at radius 2 is 1.89 bits per heavy atom. The summed E-state index contributed by atoms with van der Waals surface area (Å²) in [6, 6.07) is 11.2. The Hall–Kier alpha value is -4.21. The van der Waals surface area contributed by atoms with Crippen molar-refractivity contribution in [3.63, 3.8) is 0 Å². The molecule has 1 aromatic heterocycles. The number of likely N-dealkylation sites (tertiary alicyclic amines) is 1. The second kappa shape index (κ2) is 10.2. The topological polar surface area (TPSA) is 123 Å². The van der Waals surface area contributed by atoms with Gasteiger partial charge in [-0.1, -0.05) is 0 Å². The highest BCUT2D eigenvalue weighted by molar-refractivity contribution is 6.00. The lowest BCUT2D eigenvalue weighted by Crippen LogP contribution is -2.28. The van der Waals surface area contributed by atoms with Crippen LogP contribution < -0.4 is 15.4 Å². The molecule has 1 atom stereocenters. The SMILES string of the molecule is Cc1ncc2c(n1)NCCCC2Nc1ccc(Oc2ccc([N+](=O)[O-])cc2)cc1C(=O)N1CCCC1. The quantitative estimate of drug-likeness (QED) is 0.364. The molecule has 1 unspecified atom stereocenters. The van der Waals surface area contributed by atoms with Crippen molar-refractivity contribution in [1.29, 1.82) is 0 Å². The molecule has 0 saturated carbocycles. The fourth-order valence-electron chi connectivity index (χ4n) is 4.63. The van der Waals surface area contributed by atoms with E-state index in [1.807, 2.05) is 24.1 Å². The minimum Gasteiger partial charge on any atom is -0.457 e. The largest absolute Gasteiger partial charge is 0.457 e. The Kier molecular flexibility index (Phi) is 6.66. The Bertz CT molecular complexity index is 1270. The zero-order valence-electron chi connectivity index (χ0n) is 20.1. The van der Waals surface area contributed by atoms with Crippen molar-refractivity contribution in [3.05, 3.63) is 75.7 Å². The highest BCUT2D eigenvalue weighted by atomic mass is 16.6. The minimum atomic E-state index is -0.454. The fourth-order valence-corrected chi connectivity index (χ4v) is 4.63. The molecule has 2 aliphatic heterocycles. The first-order valence-corrected chi connectivity index (χ1v) is 12.2. The van der Waals surface area contributed by atoms with Gasteiger partial charge in [0.05, 0.1) is 16.5 Å². The van der Waals surface area contributed by atoms with Crippen LogP contribution in [0.15, 0.2) is 48.7 Å². The van der Waals surface area contributed by atoms with Gasteiger partial charge in [0, 0.05) is 49.2 Å². The summed E-state index contributed by atoms with van der Waals surface area (Å²) >= 11 is 0. The number of nitro groups is 1. The molecular formula is C26H28N6O4. The van der Waals surface area contributed by atoms with E-state index >= 15 is 0 Å². The summed E-state index contributed by atoms with van der Waals surface area (Å²) in [7, 11) is 0. The average molecular weight is 489 g/mol. The van der Waals surface area contributed by atoms with Crippen LogP contribution in [0.2, 0.25) is 0 Å². The molecule has 2 N–H and O–H groups in total. The van der Waals surface area contributed by atoms with Gasteiger partial charge in [-0.3, -0.25) is 14.9 Å². The van der Waals surface area contributed by atoms with Crippen LogP contribution in [0.1, 0.15) is 53.5 Å². The Balaban J connectivity index is 1.45. The number of benzene rings is 2. The van der Waals surface area contributed by atoms with Crippen LogP contribution in [0, 0.1) is 17.0 Å². The zero-order chi connectivity index (χ0) is 25.1. The molecule has 0 spiro atoms. The third-order valence-electron chi connectivity index (χ3n) is 6.50. The van der Waals surface area contributed by atoms with E-state index in [0.29, 0.717) is 22.9 Å². The molecule has 0 aliphatic carbocycles. The Morgan fingerprint density at radius 1 is 1.14 bits per heavy atom. The van der Waals surface area contributed by atoms with E-state index in [1.165, 1.54) is 12.1 Å². The predicted octanol–water partition coefficient (Wildman–Crippen LogP) is 5.08. The summed E-state index contributed by atoms with van der Waals surface area (Å²) in [4.78, 5) is 34.8. The number of hydrogen-bond donors (Lipinski definition) is 2. The molecule has 5 rings (SSSR count). The van der Waals surface area contributed by atoms with Crippen molar-refractivity contribution in [3.8, 4) is 11.5 Å². The standard InChI is InChI=1S/C26H28N6O4/c1-17-28-16-22-23(5-4-12-27-25(22)29-17)30-24-11-10-20(15-21(24)26(33)31-13-2-3-14-31)36-19-8-6-18(7-9-19)32(34)35/h6-11,15-16,23,30H,2-5,12-14H2,1H3,(H,27,28,29). The lowest BCUT2D eigenvalue weighted by Gasteiger charge is -2.24. The number of aryl methyl sites for hydroxylation is 1. The molecule has 10 heteroatoms. The summed E-state index contributed by atoms with van der Waals surface area (Å²) in [5.41, 5.74) is 2.22. The van der Waals surface area contributed by atoms with Crippen molar-refractivity contribution >= 4 is 23.1 Å². The second-order valence-corrected chi connectivity index (χ2v) is 9.05. The first-order chi connectivity index (χ1) is 17.5. The smallest absolute Gasteiger partial charge is 0.269 e. The van der Waals surface area contributed by atoms with E-state index in [9.17, 15) is 14.9 Å². The van der Waals surface area contributed by atoms with Crippen molar-refractivity contribution in [2.75, 3.05) is 30.3 Å². The van der Waals surface area contributed by atoms with E-state index in [-0.39, 0.29) is 17.6 Å².